The van der Waals surface area contributed by atoms with Crippen molar-refractivity contribution >= 4 is 41.7 Å². The molecule has 3 aromatic carbocycles. The summed E-state index contributed by atoms with van der Waals surface area (Å²) in [6.07, 6.45) is 1.24. The third-order valence-electron chi connectivity index (χ3n) is 14.6. The van der Waals surface area contributed by atoms with E-state index in [1.165, 1.54) is 18.1 Å². The standard InChI is InChI=1S/C48H60F3N5O6Si/c1-29(2)63(30(3)4,31(5)6)19-15-37-40(50)13-10-32-20-35(62-28-60-8)21-39(41(32)37)36-11-12-38-43(42(36)51)52-45(61-27-47-16-9-18-55(47)23-33(49)22-47)53-44(38)54-24-34-14-17-48(25-54,26-59-7)56(34)46(57)58/h10-13,20-21,29-31,33-34H,9,14,16-18,22-28H2,1-8H3,(H,57,58)/t33-,34+,47+,48-/m1/s1. The first-order chi connectivity index (χ1) is 30.1. The lowest BCUT2D eigenvalue weighted by molar-refractivity contribution is 0.0178. The van der Waals surface area contributed by atoms with Crippen LogP contribution in [0.25, 0.3) is 32.8 Å². The van der Waals surface area contributed by atoms with Crippen molar-refractivity contribution in [2.45, 2.75) is 114 Å². The SMILES string of the molecule is COCOc1cc(-c2ccc3c(N4C[C@@H]5CC[C@](COC)(C4)N5C(=O)O)nc(OC[C@@]45CCCN4C[C@H](F)C5)nc3c2F)c2c(C#C[Si](C(C)C)(C(C)C)C(C)C)c(F)ccc2c1. The Morgan fingerprint density at radius 3 is 2.40 bits per heavy atom. The summed E-state index contributed by atoms with van der Waals surface area (Å²) in [5.74, 6) is 2.94. The van der Waals surface area contributed by atoms with E-state index in [9.17, 15) is 14.3 Å². The van der Waals surface area contributed by atoms with Crippen LogP contribution in [0.15, 0.2) is 36.4 Å². The maximum atomic E-state index is 17.9. The zero-order chi connectivity index (χ0) is 45.0. The molecule has 0 radical (unpaired) electrons. The van der Waals surface area contributed by atoms with Crippen LogP contribution >= 0.6 is 0 Å². The summed E-state index contributed by atoms with van der Waals surface area (Å²) < 4.78 is 72.4. The fourth-order valence-electron chi connectivity index (χ4n) is 11.9. The van der Waals surface area contributed by atoms with Crippen molar-refractivity contribution in [2.75, 3.05) is 65.3 Å². The minimum Gasteiger partial charge on any atom is -0.468 e. The van der Waals surface area contributed by atoms with Gasteiger partial charge in [0.05, 0.1) is 29.3 Å². The van der Waals surface area contributed by atoms with Crippen molar-refractivity contribution in [3.8, 4) is 34.4 Å². The van der Waals surface area contributed by atoms with Gasteiger partial charge in [-0.15, -0.1) is 5.54 Å². The molecule has 2 bridgehead atoms. The highest BCUT2D eigenvalue weighted by Gasteiger charge is 2.55. The van der Waals surface area contributed by atoms with Gasteiger partial charge in [0.25, 0.3) is 0 Å². The van der Waals surface area contributed by atoms with E-state index in [4.69, 9.17) is 28.9 Å². The van der Waals surface area contributed by atoms with E-state index in [1.54, 1.807) is 37.4 Å². The molecule has 5 heterocycles. The fraction of sp³-hybridized carbons (Fsp3) is 0.562. The summed E-state index contributed by atoms with van der Waals surface area (Å²) in [5, 5.41) is 11.8. The maximum absolute atomic E-state index is 17.9. The predicted octanol–water partition coefficient (Wildman–Crippen LogP) is 9.58. The number of amides is 1. The first-order valence-corrected chi connectivity index (χ1v) is 24.5. The number of methoxy groups -OCH3 is 2. The minimum absolute atomic E-state index is 0.0249. The quantitative estimate of drug-likeness (QED) is 0.0792. The second kappa shape index (κ2) is 17.4. The Kier molecular flexibility index (Phi) is 12.4. The van der Waals surface area contributed by atoms with Gasteiger partial charge in [0, 0.05) is 56.6 Å². The number of carboxylic acid groups (broad SMARTS) is 1. The average molecular weight is 888 g/mol. The topological polar surface area (TPSA) is 110 Å². The number of rotatable bonds is 13. The smallest absolute Gasteiger partial charge is 0.408 e. The van der Waals surface area contributed by atoms with Crippen LogP contribution in [0.1, 0.15) is 79.2 Å². The van der Waals surface area contributed by atoms with Gasteiger partial charge in [0.2, 0.25) is 0 Å². The van der Waals surface area contributed by atoms with Crippen LogP contribution in [-0.2, 0) is 9.47 Å². The van der Waals surface area contributed by atoms with E-state index in [0.29, 0.717) is 82.3 Å². The lowest BCUT2D eigenvalue weighted by Crippen LogP contribution is -2.65. The molecule has 0 unspecified atom stereocenters. The number of ether oxygens (including phenoxy) is 4. The average Bonchev–Trinajstić information content (AvgIpc) is 3.84. The number of piperazine rings is 1. The van der Waals surface area contributed by atoms with E-state index in [0.717, 1.165) is 19.4 Å². The number of halogens is 3. The number of nitrogens with zero attached hydrogens (tertiary/aromatic N) is 5. The first-order valence-electron chi connectivity index (χ1n) is 22.3. The van der Waals surface area contributed by atoms with Crippen molar-refractivity contribution in [3.05, 3.63) is 53.6 Å². The van der Waals surface area contributed by atoms with Crippen LogP contribution in [0.3, 0.4) is 0 Å². The minimum atomic E-state index is -2.33. The third-order valence-corrected chi connectivity index (χ3v) is 20.9. The molecule has 63 heavy (non-hydrogen) atoms. The van der Waals surface area contributed by atoms with E-state index in [1.807, 2.05) is 4.90 Å². The lowest BCUT2D eigenvalue weighted by Gasteiger charge is -2.47. The Bertz CT molecular complexity index is 2440. The van der Waals surface area contributed by atoms with Crippen molar-refractivity contribution in [3.63, 3.8) is 0 Å². The monoisotopic (exact) mass is 887 g/mol. The Labute approximate surface area is 369 Å². The highest BCUT2D eigenvalue weighted by molar-refractivity contribution is 6.90. The predicted molar refractivity (Wildman–Crippen MR) is 241 cm³/mol. The number of aromatic nitrogens is 2. The molecular weight excluding hydrogens is 828 g/mol. The molecule has 0 spiro atoms. The Morgan fingerprint density at radius 2 is 1.70 bits per heavy atom. The number of hydrogen-bond donors (Lipinski definition) is 1. The zero-order valence-electron chi connectivity index (χ0n) is 37.7. The van der Waals surface area contributed by atoms with Crippen LogP contribution < -0.4 is 14.4 Å². The number of anilines is 1. The zero-order valence-corrected chi connectivity index (χ0v) is 38.7. The summed E-state index contributed by atoms with van der Waals surface area (Å²) in [4.78, 5) is 27.9. The molecule has 4 aliphatic rings. The number of carbonyl (C=O) groups is 1. The maximum Gasteiger partial charge on any atom is 0.408 e. The highest BCUT2D eigenvalue weighted by atomic mass is 28.3. The Morgan fingerprint density at radius 1 is 0.937 bits per heavy atom. The third kappa shape index (κ3) is 7.78. The van der Waals surface area contributed by atoms with Gasteiger partial charge >= 0.3 is 12.1 Å². The van der Waals surface area contributed by atoms with Gasteiger partial charge in [0.15, 0.2) is 12.6 Å². The molecule has 15 heteroatoms. The number of benzene rings is 3. The molecular formula is C48H60F3N5O6Si. The van der Waals surface area contributed by atoms with Gasteiger partial charge in [-0.1, -0.05) is 59.6 Å². The van der Waals surface area contributed by atoms with Gasteiger partial charge in [-0.2, -0.15) is 9.97 Å². The van der Waals surface area contributed by atoms with Gasteiger partial charge in [-0.25, -0.2) is 18.0 Å². The molecule has 1 aromatic heterocycles. The van der Waals surface area contributed by atoms with Crippen LogP contribution in [0.4, 0.5) is 23.8 Å². The normalized spacial score (nSPS) is 23.7. The summed E-state index contributed by atoms with van der Waals surface area (Å²) in [6, 6.07) is 9.51. The molecule has 4 fully saturated rings. The molecule has 0 aliphatic carbocycles. The largest absolute Gasteiger partial charge is 0.468 e. The molecule has 8 rings (SSSR count). The van der Waals surface area contributed by atoms with Crippen LogP contribution in [0, 0.1) is 23.1 Å². The van der Waals surface area contributed by atoms with Crippen molar-refractivity contribution in [1.82, 2.24) is 19.8 Å². The Balaban J connectivity index is 1.33. The number of fused-ring (bicyclic) bond motifs is 5. The van der Waals surface area contributed by atoms with Crippen LogP contribution in [0.2, 0.25) is 16.6 Å². The van der Waals surface area contributed by atoms with E-state index in [-0.39, 0.29) is 55.2 Å². The van der Waals surface area contributed by atoms with Gasteiger partial charge in [-0.3, -0.25) is 9.80 Å². The number of hydrogen-bond acceptors (Lipinski definition) is 9. The molecule has 1 amide bonds. The first kappa shape index (κ1) is 45.0. The number of alkyl halides is 1. The summed E-state index contributed by atoms with van der Waals surface area (Å²) >= 11 is 0. The lowest BCUT2D eigenvalue weighted by atomic mass is 9.92. The second-order valence-corrected chi connectivity index (χ2v) is 24.7. The van der Waals surface area contributed by atoms with Crippen molar-refractivity contribution in [1.29, 1.82) is 0 Å². The van der Waals surface area contributed by atoms with E-state index in [2.05, 4.69) is 57.9 Å². The molecule has 4 atom stereocenters. The molecule has 4 aliphatic heterocycles. The summed E-state index contributed by atoms with van der Waals surface area (Å²) in [5.41, 5.74) is 3.88. The molecule has 0 saturated carbocycles. The van der Waals surface area contributed by atoms with E-state index >= 15 is 8.78 Å². The van der Waals surface area contributed by atoms with Gasteiger partial charge in [0.1, 0.15) is 43.8 Å². The van der Waals surface area contributed by atoms with Crippen LogP contribution in [0.5, 0.6) is 11.8 Å². The van der Waals surface area contributed by atoms with Crippen LogP contribution in [-0.4, -0.2) is 123 Å². The van der Waals surface area contributed by atoms with Gasteiger partial charge < -0.3 is 29.0 Å². The second-order valence-electron chi connectivity index (χ2n) is 19.1. The molecule has 11 nitrogen and oxygen atoms in total. The van der Waals surface area contributed by atoms with Crippen molar-refractivity contribution < 1.29 is 42.0 Å². The summed E-state index contributed by atoms with van der Waals surface area (Å²) in [7, 11) is 0.740. The van der Waals surface area contributed by atoms with Gasteiger partial charge in [-0.05, 0) is 84.1 Å². The fourth-order valence-corrected chi connectivity index (χ4v) is 17.1. The molecule has 1 N–H and O–H groups in total. The Hall–Kier alpha value is -4.62. The summed E-state index contributed by atoms with van der Waals surface area (Å²) in [6.45, 7) is 15.1. The molecule has 4 saturated heterocycles. The molecule has 338 valence electrons. The van der Waals surface area contributed by atoms with Crippen molar-refractivity contribution in [2.24, 2.45) is 0 Å². The van der Waals surface area contributed by atoms with E-state index < -0.39 is 43.1 Å². The highest BCUT2D eigenvalue weighted by Crippen LogP contribution is 2.46. The molecule has 4 aromatic rings.